The molecule has 144 valence electrons. The number of nitrogens with zero attached hydrogens (tertiary/aromatic N) is 2. The zero-order valence-corrected chi connectivity index (χ0v) is 15.8. The predicted molar refractivity (Wildman–Crippen MR) is 105 cm³/mol. The number of hydrogen-bond acceptors (Lipinski definition) is 4. The van der Waals surface area contributed by atoms with Crippen LogP contribution < -0.4 is 15.6 Å². The molecule has 1 amide bonds. The minimum Gasteiger partial charge on any atom is -0.497 e. The maximum absolute atomic E-state index is 12.4. The van der Waals surface area contributed by atoms with Gasteiger partial charge in [-0.2, -0.15) is 5.10 Å². The monoisotopic (exact) mass is 369 g/mol. The molecule has 1 heterocycles. The summed E-state index contributed by atoms with van der Waals surface area (Å²) in [4.78, 5) is 24.6. The van der Waals surface area contributed by atoms with Crippen LogP contribution in [0, 0.1) is 0 Å². The molecule has 6 heteroatoms. The number of rotatable bonds is 5. The number of carbonyl (C=O) groups is 1. The Morgan fingerprint density at radius 2 is 1.74 bits per heavy atom. The lowest BCUT2D eigenvalue weighted by Crippen LogP contribution is -2.39. The molecule has 27 heavy (non-hydrogen) atoms. The maximum Gasteiger partial charge on any atom is 0.267 e. The van der Waals surface area contributed by atoms with E-state index in [1.165, 1.54) is 30.0 Å². The zero-order valence-electron chi connectivity index (χ0n) is 15.8. The van der Waals surface area contributed by atoms with Crippen molar-refractivity contribution in [2.75, 3.05) is 7.11 Å². The van der Waals surface area contributed by atoms with Crippen LogP contribution in [0.2, 0.25) is 0 Å². The summed E-state index contributed by atoms with van der Waals surface area (Å²) in [5.41, 5.74) is 1.24. The van der Waals surface area contributed by atoms with Crippen molar-refractivity contribution in [3.63, 3.8) is 0 Å². The molecular formula is C21H27N3O3. The molecule has 1 aliphatic rings. The Kier molecular flexibility index (Phi) is 6.63. The summed E-state index contributed by atoms with van der Waals surface area (Å²) in [5.74, 6) is 0.604. The van der Waals surface area contributed by atoms with Gasteiger partial charge in [0, 0.05) is 17.7 Å². The highest BCUT2D eigenvalue weighted by Crippen LogP contribution is 2.20. The molecule has 1 N–H and O–H groups in total. The van der Waals surface area contributed by atoms with Gasteiger partial charge >= 0.3 is 0 Å². The van der Waals surface area contributed by atoms with Gasteiger partial charge in [0.15, 0.2) is 0 Å². The van der Waals surface area contributed by atoms with E-state index >= 15 is 0 Å². The average Bonchev–Trinajstić information content (AvgIpc) is 2.66. The van der Waals surface area contributed by atoms with E-state index in [9.17, 15) is 9.59 Å². The van der Waals surface area contributed by atoms with E-state index in [0.29, 0.717) is 5.69 Å². The van der Waals surface area contributed by atoms with Gasteiger partial charge in [0.05, 0.1) is 12.8 Å². The summed E-state index contributed by atoms with van der Waals surface area (Å²) in [6, 6.07) is 10.8. The van der Waals surface area contributed by atoms with Crippen LogP contribution >= 0.6 is 0 Å². The number of aromatic nitrogens is 2. The second-order valence-electron chi connectivity index (χ2n) is 7.05. The predicted octanol–water partition coefficient (Wildman–Crippen LogP) is 3.15. The highest BCUT2D eigenvalue weighted by Gasteiger charge is 2.15. The zero-order chi connectivity index (χ0) is 19.1. The third kappa shape index (κ3) is 5.42. The number of hydrogen-bond donors (Lipinski definition) is 1. The second-order valence-corrected chi connectivity index (χ2v) is 7.05. The molecule has 0 spiro atoms. The lowest BCUT2D eigenvalue weighted by molar-refractivity contribution is -0.122. The van der Waals surface area contributed by atoms with E-state index < -0.39 is 0 Å². The summed E-state index contributed by atoms with van der Waals surface area (Å²) in [5, 5.41) is 7.45. The minimum atomic E-state index is -0.278. The van der Waals surface area contributed by atoms with Crippen LogP contribution in [0.3, 0.4) is 0 Å². The van der Waals surface area contributed by atoms with Gasteiger partial charge in [-0.15, -0.1) is 0 Å². The summed E-state index contributed by atoms with van der Waals surface area (Å²) in [7, 11) is 1.61. The first-order chi connectivity index (χ1) is 13.2. The quantitative estimate of drug-likeness (QED) is 0.879. The molecule has 2 aromatic rings. The van der Waals surface area contributed by atoms with E-state index in [1.54, 1.807) is 13.2 Å². The molecule has 3 rings (SSSR count). The van der Waals surface area contributed by atoms with Crippen LogP contribution in [0.4, 0.5) is 0 Å². The van der Waals surface area contributed by atoms with Crippen LogP contribution in [0.5, 0.6) is 5.75 Å². The third-order valence-corrected chi connectivity index (χ3v) is 5.02. The van der Waals surface area contributed by atoms with Gasteiger partial charge in [0.25, 0.3) is 5.56 Å². The largest absolute Gasteiger partial charge is 0.497 e. The fourth-order valence-electron chi connectivity index (χ4n) is 3.49. The molecule has 1 aromatic heterocycles. The molecule has 0 bridgehead atoms. The first kappa shape index (κ1) is 19.1. The summed E-state index contributed by atoms with van der Waals surface area (Å²) in [6.45, 7) is -0.0562. The molecule has 1 aromatic carbocycles. The highest BCUT2D eigenvalue weighted by molar-refractivity contribution is 5.76. The molecule has 6 nitrogen and oxygen atoms in total. The molecule has 1 saturated carbocycles. The second kappa shape index (κ2) is 9.35. The molecule has 1 fully saturated rings. The Bertz CT molecular complexity index is 806. The number of methoxy groups -OCH3 is 1. The van der Waals surface area contributed by atoms with Crippen molar-refractivity contribution in [2.45, 2.75) is 57.5 Å². The Morgan fingerprint density at radius 1 is 1.07 bits per heavy atom. The summed E-state index contributed by atoms with van der Waals surface area (Å²) < 4.78 is 6.39. The summed E-state index contributed by atoms with van der Waals surface area (Å²) >= 11 is 0. The van der Waals surface area contributed by atoms with E-state index in [0.717, 1.165) is 37.0 Å². The number of nitrogens with one attached hydrogen (secondary N) is 1. The number of ether oxygens (including phenoxy) is 1. The number of benzene rings is 1. The van der Waals surface area contributed by atoms with Crippen LogP contribution in [-0.2, 0) is 11.3 Å². The van der Waals surface area contributed by atoms with Crippen LogP contribution in [-0.4, -0.2) is 28.8 Å². The Morgan fingerprint density at radius 3 is 2.41 bits per heavy atom. The minimum absolute atomic E-state index is 0.0562. The van der Waals surface area contributed by atoms with Gasteiger partial charge in [0.1, 0.15) is 12.3 Å². The van der Waals surface area contributed by atoms with Crippen molar-refractivity contribution in [3.05, 3.63) is 46.8 Å². The third-order valence-electron chi connectivity index (χ3n) is 5.02. The Balaban J connectivity index is 1.68. The van der Waals surface area contributed by atoms with Gasteiger partial charge in [-0.25, -0.2) is 4.68 Å². The van der Waals surface area contributed by atoms with E-state index in [-0.39, 0.29) is 24.1 Å². The van der Waals surface area contributed by atoms with Gasteiger partial charge in [-0.05, 0) is 43.2 Å². The first-order valence-electron chi connectivity index (χ1n) is 9.67. The molecule has 0 saturated heterocycles. The Labute approximate surface area is 159 Å². The number of amides is 1. The molecule has 1 aliphatic carbocycles. The Hall–Kier alpha value is -2.63. The topological polar surface area (TPSA) is 73.2 Å². The van der Waals surface area contributed by atoms with Crippen LogP contribution in [0.25, 0.3) is 11.3 Å². The summed E-state index contributed by atoms with van der Waals surface area (Å²) in [6.07, 6.45) is 8.08. The van der Waals surface area contributed by atoms with E-state index in [4.69, 9.17) is 4.74 Å². The molecular weight excluding hydrogens is 342 g/mol. The first-order valence-corrected chi connectivity index (χ1v) is 9.67. The SMILES string of the molecule is COc1ccc(-c2ccc(=O)n(CC(=O)NC3CCCCCCC3)n2)cc1. The normalized spacial score (nSPS) is 15.6. The lowest BCUT2D eigenvalue weighted by atomic mass is 9.97. The van der Waals surface area contributed by atoms with Crippen LogP contribution in [0.1, 0.15) is 44.9 Å². The molecule has 0 radical (unpaired) electrons. The molecule has 0 unspecified atom stereocenters. The van der Waals surface area contributed by atoms with Crippen molar-refractivity contribution in [1.29, 1.82) is 0 Å². The fourth-order valence-corrected chi connectivity index (χ4v) is 3.49. The standard InChI is InChI=1S/C21H27N3O3/c1-27-18-11-9-16(10-12-18)19-13-14-21(26)24(23-19)15-20(25)22-17-7-5-3-2-4-6-8-17/h9-14,17H,2-8,15H2,1H3,(H,22,25). The average molecular weight is 369 g/mol. The van der Waals surface area contributed by atoms with Gasteiger partial charge in [-0.1, -0.05) is 32.1 Å². The van der Waals surface area contributed by atoms with Crippen molar-refractivity contribution in [3.8, 4) is 17.0 Å². The fraction of sp³-hybridized carbons (Fsp3) is 0.476. The highest BCUT2D eigenvalue weighted by atomic mass is 16.5. The van der Waals surface area contributed by atoms with Crippen molar-refractivity contribution in [2.24, 2.45) is 0 Å². The molecule has 0 atom stereocenters. The molecule has 0 aliphatic heterocycles. The van der Waals surface area contributed by atoms with Crippen molar-refractivity contribution >= 4 is 5.91 Å². The maximum atomic E-state index is 12.4. The van der Waals surface area contributed by atoms with E-state index in [2.05, 4.69) is 10.4 Å². The van der Waals surface area contributed by atoms with Gasteiger partial charge in [-0.3, -0.25) is 9.59 Å². The van der Waals surface area contributed by atoms with Crippen molar-refractivity contribution < 1.29 is 9.53 Å². The number of carbonyl (C=O) groups excluding carboxylic acids is 1. The van der Waals surface area contributed by atoms with E-state index in [1.807, 2.05) is 24.3 Å². The van der Waals surface area contributed by atoms with Crippen molar-refractivity contribution in [1.82, 2.24) is 15.1 Å². The van der Waals surface area contributed by atoms with Gasteiger partial charge < -0.3 is 10.1 Å². The lowest BCUT2D eigenvalue weighted by Gasteiger charge is -2.21. The van der Waals surface area contributed by atoms with Crippen LogP contribution in [0.15, 0.2) is 41.2 Å². The smallest absolute Gasteiger partial charge is 0.267 e. The van der Waals surface area contributed by atoms with Gasteiger partial charge in [0.2, 0.25) is 5.91 Å².